The Hall–Kier alpha value is -13.8. The molecule has 5 aliphatic rings. The van der Waals surface area contributed by atoms with Crippen LogP contribution in [0.1, 0.15) is 31.9 Å². The number of aromatic nitrogens is 23. The predicted molar refractivity (Wildman–Crippen MR) is 384 cm³/mol. The second-order valence-electron chi connectivity index (χ2n) is 26.1. The zero-order valence-electron chi connectivity index (χ0n) is 57.7. The van der Waals surface area contributed by atoms with Gasteiger partial charge in [0.2, 0.25) is 27.6 Å². The molecule has 103 heavy (non-hydrogen) atoms. The van der Waals surface area contributed by atoms with Gasteiger partial charge in [0.1, 0.15) is 52.1 Å². The van der Waals surface area contributed by atoms with Gasteiger partial charge in [0.15, 0.2) is 29.6 Å². The maximum absolute atomic E-state index is 8.03. The van der Waals surface area contributed by atoms with Gasteiger partial charge in [0.25, 0.3) is 28.0 Å². The van der Waals surface area contributed by atoms with Gasteiger partial charge in [-0.1, -0.05) is 29.5 Å². The van der Waals surface area contributed by atoms with Crippen LogP contribution in [-0.4, -0.2) is 85.5 Å². The molecule has 1 aromatic carbocycles. The van der Waals surface area contributed by atoms with Crippen molar-refractivity contribution in [3.8, 4) is 61.9 Å². The number of benzene rings is 1. The van der Waals surface area contributed by atoms with Crippen molar-refractivity contribution >= 4 is 93.3 Å². The van der Waals surface area contributed by atoms with Crippen molar-refractivity contribution in [3.63, 3.8) is 0 Å². The smallest absolute Gasteiger partial charge is 0.382 e. The number of oxazole rings is 1. The van der Waals surface area contributed by atoms with E-state index in [1.54, 1.807) is 37.2 Å². The van der Waals surface area contributed by atoms with E-state index in [1.807, 2.05) is 161 Å². The highest BCUT2D eigenvalue weighted by molar-refractivity contribution is 7.22. The fraction of sp³-hybridized carbons (Fsp3) is 0.0897. The molecule has 0 N–H and O–H groups in total. The van der Waals surface area contributed by atoms with Crippen LogP contribution < -0.4 is 22.8 Å². The number of fused-ring (bicyclic) bond motifs is 35. The second-order valence-corrected chi connectivity index (χ2v) is 27.1. The highest BCUT2D eigenvalue weighted by Crippen LogP contribution is 2.41. The van der Waals surface area contributed by atoms with Gasteiger partial charge in [-0.2, -0.15) is 13.7 Å². The number of rotatable bonds is 1. The van der Waals surface area contributed by atoms with Crippen molar-refractivity contribution in [1.82, 2.24) is 85.5 Å². The van der Waals surface area contributed by atoms with Crippen LogP contribution >= 0.6 is 11.3 Å². The van der Waals surface area contributed by atoms with Crippen molar-refractivity contribution in [2.75, 3.05) is 0 Å². The molecule has 21 aromatic rings. The van der Waals surface area contributed by atoms with Gasteiger partial charge < -0.3 is 26.4 Å². The van der Waals surface area contributed by atoms with Gasteiger partial charge >= 0.3 is 5.89 Å². The molecule has 5 aliphatic heterocycles. The Balaban J connectivity index is 0.0000000830. The molecular weight excluding hydrogens is 1310 g/mol. The molecule has 0 spiro atoms. The highest BCUT2D eigenvalue weighted by atomic mass is 32.1. The minimum absolute atomic E-state index is 0.627. The molecule has 0 bridgehead atoms. The quantitative estimate of drug-likeness (QED) is 0.142. The van der Waals surface area contributed by atoms with E-state index in [9.17, 15) is 0 Å². The van der Waals surface area contributed by atoms with Crippen LogP contribution in [-0.2, 0) is 46.7 Å². The molecule has 0 atom stereocenters. The van der Waals surface area contributed by atoms with Crippen LogP contribution in [0, 0.1) is 0 Å². The molecule has 25 heteroatoms. The molecule has 490 valence electrons. The molecule has 0 saturated carbocycles. The fourth-order valence-electron chi connectivity index (χ4n) is 16.1. The average molecular weight is 1370 g/mol. The maximum atomic E-state index is 8.03. The monoisotopic (exact) mass is 1370 g/mol. The third-order valence-electron chi connectivity index (χ3n) is 20.6. The fourth-order valence-corrected chi connectivity index (χ4v) is 17.4. The lowest BCUT2D eigenvalue weighted by Gasteiger charge is -2.02. The molecule has 0 unspecified atom stereocenters. The van der Waals surface area contributed by atoms with Crippen molar-refractivity contribution in [3.05, 3.63) is 274 Å². The zero-order chi connectivity index (χ0) is 70.2. The largest absolute Gasteiger partial charge is 0.395 e. The minimum Gasteiger partial charge on any atom is -0.395 e. The van der Waals surface area contributed by atoms with Gasteiger partial charge in [-0.25, -0.2) is 22.8 Å². The SMILES string of the molecule is C[n+]1c2n(c3cn4ccncc4c31)Cc1cnccc1-2.[2H]C([2H])([2H])[n+]1c2n(c3cn4ccncc4c31)Cc1cnccc1-2.c1cc2c(cn1)C[n+]1c-2oc2c3cnccn3cc21.c1cc2c(cn1)C[n+]1c-2sc2c3cnccn3cc21.c1ccc(-n2c3[n+](c4cn5ccncc5c42)Cc2cnccc2-3)cc1. The lowest BCUT2D eigenvalue weighted by Crippen LogP contribution is -2.31. The number of para-hydroxylation sites is 1. The number of pyridine rings is 5. The third kappa shape index (κ3) is 8.35. The molecule has 0 radical (unpaired) electrons. The summed E-state index contributed by atoms with van der Waals surface area (Å²) in [5, 5.41) is 1.33. The summed E-state index contributed by atoms with van der Waals surface area (Å²) >= 11 is 1.84. The lowest BCUT2D eigenvalue weighted by atomic mass is 10.1. The van der Waals surface area contributed by atoms with E-state index in [1.165, 1.54) is 98.0 Å². The summed E-state index contributed by atoms with van der Waals surface area (Å²) in [6.07, 6.45) is 57.3. The Morgan fingerprint density at radius 3 is 1.49 bits per heavy atom. The van der Waals surface area contributed by atoms with E-state index in [2.05, 4.69) is 171 Å². The zero-order valence-corrected chi connectivity index (χ0v) is 55.5. The van der Waals surface area contributed by atoms with Crippen LogP contribution in [0.25, 0.3) is 144 Å². The molecule has 0 amide bonds. The van der Waals surface area contributed by atoms with Gasteiger partial charge in [-0.3, -0.25) is 49.8 Å². The van der Waals surface area contributed by atoms with Crippen molar-refractivity contribution in [1.29, 1.82) is 0 Å². The number of thiazole rings is 1. The topological polar surface area (TPSA) is 198 Å². The van der Waals surface area contributed by atoms with Crippen LogP contribution in [0.15, 0.2) is 251 Å². The van der Waals surface area contributed by atoms with E-state index >= 15 is 0 Å². The molecule has 0 saturated heterocycles. The number of hydrogen-bond acceptors (Lipinski definition) is 12. The van der Waals surface area contributed by atoms with Gasteiger partial charge in [0.05, 0.1) is 119 Å². The molecule has 25 heterocycles. The molecule has 26 rings (SSSR count). The Morgan fingerprint density at radius 1 is 0.398 bits per heavy atom. The van der Waals surface area contributed by atoms with Gasteiger partial charge in [-0.15, -0.1) is 0 Å². The van der Waals surface area contributed by atoms with E-state index in [0.717, 1.165) is 93.1 Å². The van der Waals surface area contributed by atoms with Crippen LogP contribution in [0.2, 0.25) is 0 Å². The first-order valence-corrected chi connectivity index (χ1v) is 34.3. The van der Waals surface area contributed by atoms with E-state index < -0.39 is 6.98 Å². The van der Waals surface area contributed by atoms with E-state index in [0.29, 0.717) is 17.9 Å². The minimum atomic E-state index is -2.28. The lowest BCUT2D eigenvalue weighted by molar-refractivity contribution is -0.649. The normalized spacial score (nSPS) is 13.5. The molecule has 0 fully saturated rings. The second kappa shape index (κ2) is 21.8. The molecule has 20 aromatic heterocycles. The number of hydrogen-bond donors (Lipinski definition) is 0. The van der Waals surface area contributed by atoms with Crippen LogP contribution in [0.5, 0.6) is 0 Å². The van der Waals surface area contributed by atoms with Crippen LogP contribution in [0.3, 0.4) is 0 Å². The van der Waals surface area contributed by atoms with Crippen LogP contribution in [0.4, 0.5) is 0 Å². The third-order valence-corrected chi connectivity index (χ3v) is 21.9. The Labute approximate surface area is 590 Å². The highest BCUT2D eigenvalue weighted by Gasteiger charge is 2.40. The van der Waals surface area contributed by atoms with Crippen molar-refractivity contribution < 1.29 is 31.4 Å². The number of imidazole rings is 3. The average Bonchev–Trinajstić information content (AvgIpc) is 1.55. The Morgan fingerprint density at radius 2 is 0.854 bits per heavy atom. The van der Waals surface area contributed by atoms with Crippen molar-refractivity contribution in [2.45, 2.75) is 32.7 Å². The van der Waals surface area contributed by atoms with E-state index in [-0.39, 0.29) is 0 Å². The first-order valence-electron chi connectivity index (χ1n) is 35.0. The summed E-state index contributed by atoms with van der Waals surface area (Å²) in [6.45, 7) is 1.82. The predicted octanol–water partition coefficient (Wildman–Crippen LogP) is 10.1. The summed E-state index contributed by atoms with van der Waals surface area (Å²) in [6, 6.07) is 20.7. The Bertz CT molecular complexity index is 7090. The molecule has 24 nitrogen and oxygen atoms in total. The standard InChI is InChI=1S/C20H14N5.2C15H12N5.C14H9N4O.C14H9N4S/c1-2-4-15(5-3-1)25-19-17-11-22-8-9-23(17)13-18(19)24-12-14-10-21-7-6-16(14)20(24)25;2*1-18-14-12-7-17-4-5-19(12)9-13(14)20-8-10-6-16-3-2-11(10)15(18)20;2*1-2-15-5-9-7-18-12-8-17-4-3-16-6-11(17)13(12)19-14(18)10(1)9/h1-11,13H,12H2;2*2-7,9H,8H2,1H3;2*1-6,8H,7H2/q5*+1/i;1D3;;;. The summed E-state index contributed by atoms with van der Waals surface area (Å²) in [5.74, 6) is 4.08. The summed E-state index contributed by atoms with van der Waals surface area (Å²) in [4.78, 5) is 42.2. The first kappa shape index (κ1) is 54.1. The number of aryl methyl sites for hydroxylation is 2. The summed E-state index contributed by atoms with van der Waals surface area (Å²) in [5.41, 5.74) is 28.1. The number of nitrogens with zero attached hydrogens (tertiary/aromatic N) is 23. The van der Waals surface area contributed by atoms with Gasteiger partial charge in [-0.05, 0) is 42.5 Å². The molecular formula is C78H56N23OS+5. The van der Waals surface area contributed by atoms with Crippen molar-refractivity contribution in [2.24, 2.45) is 14.0 Å². The van der Waals surface area contributed by atoms with E-state index in [4.69, 9.17) is 8.53 Å². The Kier molecular flexibility index (Phi) is 11.5. The van der Waals surface area contributed by atoms with Gasteiger partial charge in [0, 0.05) is 146 Å². The maximum Gasteiger partial charge on any atom is 0.382 e. The molecule has 0 aliphatic carbocycles. The first-order chi connectivity index (χ1) is 52.1. The summed E-state index contributed by atoms with van der Waals surface area (Å²) < 4.78 is 59.2. The summed E-state index contributed by atoms with van der Waals surface area (Å²) in [7, 11) is 2.12.